The van der Waals surface area contributed by atoms with Crippen LogP contribution in [0.2, 0.25) is 0 Å². The summed E-state index contributed by atoms with van der Waals surface area (Å²) >= 11 is 0. The van der Waals surface area contributed by atoms with E-state index in [0.717, 1.165) is 79.0 Å². The van der Waals surface area contributed by atoms with E-state index in [-0.39, 0.29) is 17.6 Å². The first-order chi connectivity index (χ1) is 24.0. The predicted molar refractivity (Wildman–Crippen MR) is 194 cm³/mol. The number of likely N-dealkylation sites (tertiary alicyclic amines) is 1. The summed E-state index contributed by atoms with van der Waals surface area (Å²) in [5.74, 6) is 0.292. The first-order valence-corrected chi connectivity index (χ1v) is 18.3. The molecule has 0 saturated carbocycles. The molecule has 0 aliphatic carbocycles. The molecule has 0 radical (unpaired) electrons. The first-order valence-electron chi connectivity index (χ1n) is 18.3. The summed E-state index contributed by atoms with van der Waals surface area (Å²) < 4.78 is 49.2. The third-order valence-corrected chi connectivity index (χ3v) is 10.2. The minimum absolute atomic E-state index is 0.0589. The van der Waals surface area contributed by atoms with E-state index in [0.29, 0.717) is 30.6 Å². The van der Waals surface area contributed by atoms with Crippen LogP contribution >= 0.6 is 0 Å². The molecule has 5 rings (SSSR count). The second-order valence-electron chi connectivity index (χ2n) is 15.8. The van der Waals surface area contributed by atoms with Gasteiger partial charge in [-0.05, 0) is 96.2 Å². The van der Waals surface area contributed by atoms with Crippen molar-refractivity contribution < 1.29 is 27.5 Å². The number of alkyl halides is 2. The summed E-state index contributed by atoms with van der Waals surface area (Å²) in [6.45, 7) is 20.6. The fourth-order valence-electron chi connectivity index (χ4n) is 7.38. The molecule has 0 spiro atoms. The fourth-order valence-corrected chi connectivity index (χ4v) is 7.38. The van der Waals surface area contributed by atoms with Crippen molar-refractivity contribution in [2.75, 3.05) is 52.4 Å². The monoisotopic (exact) mass is 712 g/mol. The average molecular weight is 713 g/mol. The predicted octanol–water partition coefficient (Wildman–Crippen LogP) is 7.32. The number of nitrogens with zero attached hydrogens (tertiary/aromatic N) is 6. The Morgan fingerprint density at radius 3 is 2.31 bits per heavy atom. The Hall–Kier alpha value is -3.64. The molecule has 12 heteroatoms. The molecular formula is C39H55F3N6O3. The van der Waals surface area contributed by atoms with Gasteiger partial charge in [0.05, 0.1) is 23.8 Å². The van der Waals surface area contributed by atoms with Gasteiger partial charge in [0, 0.05) is 69.0 Å². The van der Waals surface area contributed by atoms with Crippen molar-refractivity contribution in [1.29, 1.82) is 0 Å². The minimum atomic E-state index is -2.71. The van der Waals surface area contributed by atoms with Crippen molar-refractivity contribution in [3.05, 3.63) is 59.4 Å². The minimum Gasteiger partial charge on any atom is -0.444 e. The summed E-state index contributed by atoms with van der Waals surface area (Å²) in [6, 6.07) is 6.05. The van der Waals surface area contributed by atoms with Crippen LogP contribution in [-0.4, -0.2) is 117 Å². The number of halogens is 3. The maximum absolute atomic E-state index is 14.6. The summed E-state index contributed by atoms with van der Waals surface area (Å²) in [4.78, 5) is 38.6. The molecule has 51 heavy (non-hydrogen) atoms. The van der Waals surface area contributed by atoms with Gasteiger partial charge < -0.3 is 18.9 Å². The average Bonchev–Trinajstić information content (AvgIpc) is 3.41. The van der Waals surface area contributed by atoms with Crippen LogP contribution in [0.5, 0.6) is 0 Å². The molecule has 1 atom stereocenters. The number of hydrogen-bond donors (Lipinski definition) is 0. The summed E-state index contributed by atoms with van der Waals surface area (Å²) in [7, 11) is 0. The van der Waals surface area contributed by atoms with Crippen LogP contribution in [0.1, 0.15) is 89.0 Å². The number of imidazole rings is 1. The lowest BCUT2D eigenvalue weighted by Gasteiger charge is -2.46. The SMILES string of the molecule is Cc1ncc2c(-c3ccc(F)cc3C(=O)N(CC(F)F)C(C)C)cc(C3CN([C@H](CCCN4CCN(C(=O)OC(C)(C)C)CC4)C(C)C)C3)cn12. The molecule has 2 aliphatic heterocycles. The Balaban J connectivity index is 1.28. The van der Waals surface area contributed by atoms with Gasteiger partial charge >= 0.3 is 6.09 Å². The highest BCUT2D eigenvalue weighted by Crippen LogP contribution is 2.37. The van der Waals surface area contributed by atoms with Crippen molar-refractivity contribution in [2.45, 2.75) is 98.3 Å². The number of aromatic nitrogens is 2. The van der Waals surface area contributed by atoms with Crippen molar-refractivity contribution in [2.24, 2.45) is 5.92 Å². The van der Waals surface area contributed by atoms with Crippen molar-refractivity contribution >= 4 is 17.5 Å². The number of rotatable bonds is 12. The van der Waals surface area contributed by atoms with E-state index in [4.69, 9.17) is 4.74 Å². The van der Waals surface area contributed by atoms with E-state index in [2.05, 4.69) is 40.9 Å². The Morgan fingerprint density at radius 2 is 1.71 bits per heavy atom. The molecule has 2 aliphatic rings. The van der Waals surface area contributed by atoms with Gasteiger partial charge in [-0.1, -0.05) is 19.9 Å². The number of pyridine rings is 1. The van der Waals surface area contributed by atoms with Crippen molar-refractivity contribution in [3.8, 4) is 11.1 Å². The number of carbonyl (C=O) groups is 2. The smallest absolute Gasteiger partial charge is 0.410 e. The zero-order valence-electron chi connectivity index (χ0n) is 31.5. The van der Waals surface area contributed by atoms with Gasteiger partial charge in [0.15, 0.2) is 0 Å². The quantitative estimate of drug-likeness (QED) is 0.196. The van der Waals surface area contributed by atoms with Crippen LogP contribution in [0.3, 0.4) is 0 Å². The molecule has 0 N–H and O–H groups in total. The number of fused-ring (bicyclic) bond motifs is 1. The molecular weight excluding hydrogens is 657 g/mol. The lowest BCUT2D eigenvalue weighted by atomic mass is 9.85. The third kappa shape index (κ3) is 9.24. The molecule has 3 aromatic rings. The molecule has 2 fully saturated rings. The number of hydrogen-bond acceptors (Lipinski definition) is 6. The lowest BCUT2D eigenvalue weighted by Crippen LogP contribution is -2.53. The Bertz CT molecular complexity index is 1670. The van der Waals surface area contributed by atoms with Crippen LogP contribution in [0, 0.1) is 18.7 Å². The molecule has 4 heterocycles. The topological polar surface area (TPSA) is 73.6 Å². The van der Waals surface area contributed by atoms with Gasteiger partial charge in [0.1, 0.15) is 17.2 Å². The summed E-state index contributed by atoms with van der Waals surface area (Å²) in [6.07, 6.45) is 3.04. The van der Waals surface area contributed by atoms with E-state index >= 15 is 0 Å². The van der Waals surface area contributed by atoms with Crippen LogP contribution in [-0.2, 0) is 4.74 Å². The second-order valence-corrected chi connectivity index (χ2v) is 15.8. The van der Waals surface area contributed by atoms with Crippen molar-refractivity contribution in [3.63, 3.8) is 0 Å². The normalized spacial score (nSPS) is 17.1. The number of carbonyl (C=O) groups excluding carboxylic acids is 2. The second kappa shape index (κ2) is 15.9. The Morgan fingerprint density at radius 1 is 1.02 bits per heavy atom. The molecule has 1 aromatic carbocycles. The highest BCUT2D eigenvalue weighted by Gasteiger charge is 2.36. The third-order valence-electron chi connectivity index (χ3n) is 10.2. The number of ether oxygens (including phenoxy) is 1. The van der Waals surface area contributed by atoms with Gasteiger partial charge in [-0.15, -0.1) is 0 Å². The van der Waals surface area contributed by atoms with E-state index in [1.165, 1.54) is 6.07 Å². The maximum Gasteiger partial charge on any atom is 0.410 e. The number of benzene rings is 1. The van der Waals surface area contributed by atoms with E-state index < -0.39 is 36.3 Å². The van der Waals surface area contributed by atoms with Gasteiger partial charge in [0.2, 0.25) is 0 Å². The maximum atomic E-state index is 14.6. The first kappa shape index (κ1) is 38.6. The van der Waals surface area contributed by atoms with E-state index in [1.807, 2.05) is 32.1 Å². The van der Waals surface area contributed by atoms with Crippen LogP contribution in [0.15, 0.2) is 36.7 Å². The molecule has 2 saturated heterocycles. The fraction of sp³-hybridized carbons (Fsp3) is 0.615. The van der Waals surface area contributed by atoms with Crippen LogP contribution in [0.4, 0.5) is 18.0 Å². The van der Waals surface area contributed by atoms with Gasteiger partial charge in [-0.3, -0.25) is 14.6 Å². The molecule has 280 valence electrons. The van der Waals surface area contributed by atoms with Crippen LogP contribution < -0.4 is 0 Å². The Labute approximate surface area is 300 Å². The Kier molecular flexibility index (Phi) is 12.1. The van der Waals surface area contributed by atoms with E-state index in [9.17, 15) is 22.8 Å². The summed E-state index contributed by atoms with van der Waals surface area (Å²) in [5, 5.41) is 0. The zero-order valence-corrected chi connectivity index (χ0v) is 31.5. The molecule has 2 amide bonds. The zero-order chi connectivity index (χ0) is 37.2. The van der Waals surface area contributed by atoms with Gasteiger partial charge in [-0.25, -0.2) is 22.9 Å². The van der Waals surface area contributed by atoms with Gasteiger partial charge in [-0.2, -0.15) is 0 Å². The number of amides is 2. The standard InChI is InChI=1S/C39H55F3N6O3/c1-25(2)34(10-9-13-44-14-16-45(17-15-44)38(50)51-39(6,7)8)46-21-29(22-46)28-18-32(35-20-43-27(5)48(35)23-28)31-12-11-30(40)19-33(31)37(49)47(26(3)4)24-36(41)42/h11-12,18-20,23,25-26,29,34,36H,9-10,13-17,21-22,24H2,1-8H3/t34-/m1/s1. The lowest BCUT2D eigenvalue weighted by molar-refractivity contribution is 0.0137. The molecule has 0 unspecified atom stereocenters. The number of piperazine rings is 1. The van der Waals surface area contributed by atoms with Crippen LogP contribution in [0.25, 0.3) is 16.6 Å². The molecule has 0 bridgehead atoms. The summed E-state index contributed by atoms with van der Waals surface area (Å²) in [5.41, 5.74) is 2.65. The number of aryl methyl sites for hydroxylation is 1. The highest BCUT2D eigenvalue weighted by molar-refractivity contribution is 6.03. The highest BCUT2D eigenvalue weighted by atomic mass is 19.3. The largest absolute Gasteiger partial charge is 0.444 e. The van der Waals surface area contributed by atoms with Gasteiger partial charge in [0.25, 0.3) is 12.3 Å². The van der Waals surface area contributed by atoms with E-state index in [1.54, 1.807) is 31.0 Å². The van der Waals surface area contributed by atoms with Crippen molar-refractivity contribution in [1.82, 2.24) is 29.0 Å². The molecule has 2 aromatic heterocycles. The molecule has 9 nitrogen and oxygen atoms in total.